The van der Waals surface area contributed by atoms with Crippen LogP contribution in [0, 0.1) is 13.8 Å². The average Bonchev–Trinajstić information content (AvgIpc) is 2.91. The van der Waals surface area contributed by atoms with E-state index in [1.807, 2.05) is 70.2 Å². The van der Waals surface area contributed by atoms with E-state index in [2.05, 4.69) is 5.32 Å². The Bertz CT molecular complexity index is 1560. The zero-order valence-electron chi connectivity index (χ0n) is 25.7. The van der Waals surface area contributed by atoms with Gasteiger partial charge in [0.2, 0.25) is 11.8 Å². The first kappa shape index (κ1) is 34.4. The molecule has 3 rings (SSSR count). The lowest BCUT2D eigenvalue weighted by molar-refractivity contribution is -0.140. The molecule has 0 heterocycles. The summed E-state index contributed by atoms with van der Waals surface area (Å²) in [6.07, 6.45) is 0.198. The van der Waals surface area contributed by atoms with E-state index in [9.17, 15) is 18.0 Å². The quantitative estimate of drug-likeness (QED) is 0.286. The smallest absolute Gasteiger partial charge is 0.304 e. The highest BCUT2D eigenvalue weighted by Crippen LogP contribution is 2.28. The van der Waals surface area contributed by atoms with Gasteiger partial charge in [-0.25, -0.2) is 4.31 Å². The van der Waals surface area contributed by atoms with Gasteiger partial charge in [-0.2, -0.15) is 12.7 Å². The summed E-state index contributed by atoms with van der Waals surface area (Å²) in [6, 6.07) is 18.7. The fourth-order valence-electron chi connectivity index (χ4n) is 4.53. The number of nitrogens with one attached hydrogen (secondary N) is 1. The molecule has 0 saturated heterocycles. The minimum Gasteiger partial charge on any atom is -0.350 e. The summed E-state index contributed by atoms with van der Waals surface area (Å²) in [5.74, 6) is -0.939. The second-order valence-corrected chi connectivity index (χ2v) is 14.7. The zero-order chi connectivity index (χ0) is 32.1. The Balaban J connectivity index is 2.18. The molecular weight excluding hydrogens is 607 g/mol. The van der Waals surface area contributed by atoms with Crippen molar-refractivity contribution in [1.82, 2.24) is 14.5 Å². The van der Waals surface area contributed by atoms with Crippen LogP contribution in [0.2, 0.25) is 10.0 Å². The van der Waals surface area contributed by atoms with Crippen LogP contribution in [0.3, 0.4) is 0 Å². The lowest BCUT2D eigenvalue weighted by Crippen LogP contribution is -2.56. The second kappa shape index (κ2) is 14.1. The maximum atomic E-state index is 14.4. The normalized spacial score (nSPS) is 12.6. The van der Waals surface area contributed by atoms with Gasteiger partial charge in [-0.05, 0) is 75.1 Å². The molecule has 0 aromatic heterocycles. The maximum Gasteiger partial charge on any atom is 0.304 e. The molecule has 43 heavy (non-hydrogen) atoms. The number of anilines is 1. The topological polar surface area (TPSA) is 90.0 Å². The Morgan fingerprint density at radius 1 is 0.930 bits per heavy atom. The van der Waals surface area contributed by atoms with Gasteiger partial charge in [-0.15, -0.1) is 0 Å². The van der Waals surface area contributed by atoms with Crippen LogP contribution in [0.4, 0.5) is 5.69 Å². The molecule has 2 amide bonds. The van der Waals surface area contributed by atoms with E-state index in [0.717, 1.165) is 19.7 Å². The summed E-state index contributed by atoms with van der Waals surface area (Å²) < 4.78 is 29.5. The van der Waals surface area contributed by atoms with Crippen LogP contribution in [-0.2, 0) is 32.8 Å². The Morgan fingerprint density at radius 2 is 1.58 bits per heavy atom. The van der Waals surface area contributed by atoms with Crippen molar-refractivity contribution in [3.8, 4) is 0 Å². The number of halogens is 2. The largest absolute Gasteiger partial charge is 0.350 e. The average molecular weight is 648 g/mol. The van der Waals surface area contributed by atoms with Crippen LogP contribution >= 0.6 is 23.2 Å². The molecule has 0 unspecified atom stereocenters. The van der Waals surface area contributed by atoms with Gasteiger partial charge in [0.05, 0.1) is 5.69 Å². The lowest BCUT2D eigenvalue weighted by Gasteiger charge is -2.36. The van der Waals surface area contributed by atoms with Gasteiger partial charge >= 0.3 is 10.2 Å². The Kier molecular flexibility index (Phi) is 11.3. The van der Waals surface area contributed by atoms with Gasteiger partial charge in [0.25, 0.3) is 0 Å². The van der Waals surface area contributed by atoms with Gasteiger partial charge < -0.3 is 10.2 Å². The first-order valence-electron chi connectivity index (χ1n) is 13.9. The van der Waals surface area contributed by atoms with Crippen molar-refractivity contribution < 1.29 is 18.0 Å². The number of aryl methyl sites for hydroxylation is 2. The van der Waals surface area contributed by atoms with Crippen LogP contribution in [0.1, 0.15) is 43.0 Å². The van der Waals surface area contributed by atoms with Gasteiger partial charge in [0.15, 0.2) is 0 Å². The molecule has 8 nitrogen and oxygen atoms in total. The number of hydrogen-bond donors (Lipinski definition) is 1. The maximum absolute atomic E-state index is 14.4. The predicted octanol–water partition coefficient (Wildman–Crippen LogP) is 5.78. The third-order valence-corrected chi connectivity index (χ3v) is 9.17. The first-order chi connectivity index (χ1) is 20.0. The van der Waals surface area contributed by atoms with Crippen LogP contribution < -0.4 is 9.62 Å². The highest BCUT2D eigenvalue weighted by molar-refractivity contribution is 7.90. The van der Waals surface area contributed by atoms with E-state index < -0.39 is 34.2 Å². The number of carbonyl (C=O) groups is 2. The Labute approximate surface area is 265 Å². The number of carbonyl (C=O) groups excluding carboxylic acids is 2. The Hall–Kier alpha value is -3.11. The molecule has 0 aliphatic heterocycles. The molecule has 3 aromatic rings. The summed E-state index contributed by atoms with van der Waals surface area (Å²) in [4.78, 5) is 29.7. The summed E-state index contributed by atoms with van der Waals surface area (Å²) >= 11 is 12.7. The number of amides is 2. The Morgan fingerprint density at radius 3 is 2.16 bits per heavy atom. The molecule has 232 valence electrons. The van der Waals surface area contributed by atoms with E-state index in [1.165, 1.54) is 19.0 Å². The van der Waals surface area contributed by atoms with Gasteiger partial charge in [0, 0.05) is 42.6 Å². The molecule has 1 atom stereocenters. The highest BCUT2D eigenvalue weighted by atomic mass is 35.5. The minimum absolute atomic E-state index is 0.0491. The summed E-state index contributed by atoms with van der Waals surface area (Å²) in [5.41, 5.74) is 2.71. The number of hydrogen-bond acceptors (Lipinski definition) is 4. The van der Waals surface area contributed by atoms with Crippen molar-refractivity contribution >= 4 is 50.9 Å². The molecule has 0 aliphatic carbocycles. The van der Waals surface area contributed by atoms with Crippen LogP contribution in [0.5, 0.6) is 0 Å². The van der Waals surface area contributed by atoms with Crippen LogP contribution in [-0.4, -0.2) is 61.7 Å². The van der Waals surface area contributed by atoms with E-state index in [0.29, 0.717) is 26.9 Å². The van der Waals surface area contributed by atoms with Crippen molar-refractivity contribution in [2.45, 2.75) is 59.2 Å². The third kappa shape index (κ3) is 9.19. The van der Waals surface area contributed by atoms with Crippen molar-refractivity contribution in [1.29, 1.82) is 0 Å². The molecule has 0 saturated carbocycles. The van der Waals surface area contributed by atoms with Gasteiger partial charge in [0.1, 0.15) is 12.6 Å². The van der Waals surface area contributed by atoms with E-state index in [1.54, 1.807) is 31.2 Å². The van der Waals surface area contributed by atoms with Crippen molar-refractivity contribution in [3.05, 3.63) is 99.0 Å². The fraction of sp³-hybridized carbons (Fsp3) is 0.375. The van der Waals surface area contributed by atoms with Crippen LogP contribution in [0.15, 0.2) is 66.7 Å². The van der Waals surface area contributed by atoms with Gasteiger partial charge in [-0.1, -0.05) is 71.7 Å². The SMILES string of the molecule is Cc1ccc(C)c(N(CC(=O)N(Cc2ccc(Cl)cc2Cl)[C@H](Cc2ccccc2)C(=O)NC(C)(C)C)S(=O)(=O)N(C)C)c1. The summed E-state index contributed by atoms with van der Waals surface area (Å²) in [5, 5.41) is 3.76. The fourth-order valence-corrected chi connectivity index (χ4v) is 6.11. The monoisotopic (exact) mass is 646 g/mol. The van der Waals surface area contributed by atoms with Crippen molar-refractivity contribution in [2.24, 2.45) is 0 Å². The standard InChI is InChI=1S/C32H40Cl2N4O4S/c1-22-13-14-23(2)28(17-22)38(43(41,42)36(6)7)21-30(39)37(20-25-15-16-26(33)19-27(25)34)29(31(40)35-32(3,4)5)18-24-11-9-8-10-12-24/h8-17,19,29H,18,20-21H2,1-7H3,(H,35,40)/t29-/m1/s1. The highest BCUT2D eigenvalue weighted by Gasteiger charge is 2.36. The molecular formula is C32H40Cl2N4O4S. The third-order valence-electron chi connectivity index (χ3n) is 6.78. The zero-order valence-corrected chi connectivity index (χ0v) is 28.0. The molecule has 0 fully saturated rings. The summed E-state index contributed by atoms with van der Waals surface area (Å²) in [7, 11) is -1.28. The molecule has 11 heteroatoms. The minimum atomic E-state index is -4.11. The van der Waals surface area contributed by atoms with E-state index in [4.69, 9.17) is 23.2 Å². The molecule has 0 bridgehead atoms. The van der Waals surface area contributed by atoms with E-state index >= 15 is 0 Å². The van der Waals surface area contributed by atoms with Crippen LogP contribution in [0.25, 0.3) is 0 Å². The number of nitrogens with zero attached hydrogens (tertiary/aromatic N) is 3. The predicted molar refractivity (Wildman–Crippen MR) is 175 cm³/mol. The lowest BCUT2D eigenvalue weighted by atomic mass is 10.0. The molecule has 0 aliphatic rings. The number of benzene rings is 3. The molecule has 1 N–H and O–H groups in total. The second-order valence-electron chi connectivity index (χ2n) is 11.8. The molecule has 0 spiro atoms. The molecule has 0 radical (unpaired) electrons. The summed E-state index contributed by atoms with van der Waals surface area (Å²) in [6.45, 7) is 8.64. The van der Waals surface area contributed by atoms with Gasteiger partial charge in [-0.3, -0.25) is 9.59 Å². The van der Waals surface area contributed by atoms with Crippen molar-refractivity contribution in [3.63, 3.8) is 0 Å². The molecule has 3 aromatic carbocycles. The van der Waals surface area contributed by atoms with Crippen molar-refractivity contribution in [2.75, 3.05) is 24.9 Å². The first-order valence-corrected chi connectivity index (χ1v) is 16.0. The van der Waals surface area contributed by atoms with E-state index in [-0.39, 0.29) is 18.9 Å². The number of rotatable bonds is 11.